The average molecular weight is 333 g/mol. The van der Waals surface area contributed by atoms with E-state index in [0.717, 1.165) is 18.5 Å². The van der Waals surface area contributed by atoms with Gasteiger partial charge in [-0.15, -0.1) is 0 Å². The largest absolute Gasteiger partial charge is 0.376 e. The first-order valence-corrected chi connectivity index (χ1v) is 8.78. The lowest BCUT2D eigenvalue weighted by Gasteiger charge is -2.30. The lowest BCUT2D eigenvalue weighted by Crippen LogP contribution is -2.41. The summed E-state index contributed by atoms with van der Waals surface area (Å²) >= 11 is 0. The van der Waals surface area contributed by atoms with Gasteiger partial charge in [0.2, 0.25) is 5.91 Å². The molecule has 2 aromatic rings. The molecule has 0 atom stereocenters. The Morgan fingerprint density at radius 1 is 1.04 bits per heavy atom. The fourth-order valence-electron chi connectivity index (χ4n) is 3.59. The molecule has 0 heterocycles. The van der Waals surface area contributed by atoms with Crippen LogP contribution in [0.2, 0.25) is 0 Å². The van der Waals surface area contributed by atoms with E-state index in [4.69, 9.17) is 5.26 Å². The summed E-state index contributed by atoms with van der Waals surface area (Å²) in [7, 11) is 0. The van der Waals surface area contributed by atoms with Gasteiger partial charge < -0.3 is 10.6 Å². The summed E-state index contributed by atoms with van der Waals surface area (Å²) in [5, 5.41) is 15.0. The number of carbonyl (C=O) groups excluding carboxylic acids is 1. The summed E-state index contributed by atoms with van der Waals surface area (Å²) in [6.45, 7) is 0.918. The van der Waals surface area contributed by atoms with Crippen LogP contribution in [0.1, 0.15) is 36.8 Å². The molecule has 0 bridgehead atoms. The maximum Gasteiger partial charge on any atom is 0.239 e. The van der Waals surface area contributed by atoms with Crippen LogP contribution in [0.3, 0.4) is 0 Å². The van der Waals surface area contributed by atoms with Crippen LogP contribution in [-0.4, -0.2) is 19.0 Å². The number of rotatable bonds is 6. The van der Waals surface area contributed by atoms with Crippen molar-refractivity contribution in [3.05, 3.63) is 65.7 Å². The van der Waals surface area contributed by atoms with Gasteiger partial charge in [-0.3, -0.25) is 4.79 Å². The van der Waals surface area contributed by atoms with E-state index in [1.807, 2.05) is 18.2 Å². The number of hydrogen-bond donors (Lipinski definition) is 2. The van der Waals surface area contributed by atoms with Gasteiger partial charge in [-0.1, -0.05) is 43.2 Å². The second-order valence-corrected chi connectivity index (χ2v) is 6.67. The zero-order valence-corrected chi connectivity index (χ0v) is 14.3. The molecule has 0 radical (unpaired) electrons. The molecule has 1 fully saturated rings. The number of carbonyl (C=O) groups is 1. The highest BCUT2D eigenvalue weighted by Crippen LogP contribution is 2.40. The Kier molecular flexibility index (Phi) is 5.35. The van der Waals surface area contributed by atoms with Gasteiger partial charge in [-0.05, 0) is 42.7 Å². The maximum absolute atomic E-state index is 12.2. The third-order valence-corrected chi connectivity index (χ3v) is 5.04. The molecule has 1 aliphatic carbocycles. The van der Waals surface area contributed by atoms with E-state index < -0.39 is 0 Å². The third-order valence-electron chi connectivity index (χ3n) is 5.04. The molecule has 0 unspecified atom stereocenters. The van der Waals surface area contributed by atoms with Gasteiger partial charge in [-0.2, -0.15) is 5.26 Å². The van der Waals surface area contributed by atoms with Crippen molar-refractivity contribution in [1.29, 1.82) is 5.26 Å². The number of nitrogens with zero attached hydrogens (tertiary/aromatic N) is 1. The van der Waals surface area contributed by atoms with Crippen LogP contribution >= 0.6 is 0 Å². The standard InChI is InChI=1S/C21H23N3O/c22-14-17-8-10-19(11-9-17)23-15-20(25)24-16-21(12-4-5-13-21)18-6-2-1-3-7-18/h1-3,6-11,23H,4-5,12-13,15-16H2,(H,24,25). The second kappa shape index (κ2) is 7.85. The zero-order chi connectivity index (χ0) is 17.5. The van der Waals surface area contributed by atoms with Gasteiger partial charge in [0.25, 0.3) is 0 Å². The number of anilines is 1. The van der Waals surface area contributed by atoms with Crippen molar-refractivity contribution in [2.75, 3.05) is 18.4 Å². The summed E-state index contributed by atoms with van der Waals surface area (Å²) < 4.78 is 0. The molecule has 1 aliphatic rings. The average Bonchev–Trinajstić information content (AvgIpc) is 3.16. The number of nitrogens with one attached hydrogen (secondary N) is 2. The minimum Gasteiger partial charge on any atom is -0.376 e. The number of hydrogen-bond acceptors (Lipinski definition) is 3. The number of nitriles is 1. The van der Waals surface area contributed by atoms with Gasteiger partial charge in [0.05, 0.1) is 18.2 Å². The molecule has 2 N–H and O–H groups in total. The minimum atomic E-state index is -0.00781. The van der Waals surface area contributed by atoms with E-state index in [1.54, 1.807) is 12.1 Å². The fraction of sp³-hybridized carbons (Fsp3) is 0.333. The fourth-order valence-corrected chi connectivity index (χ4v) is 3.59. The van der Waals surface area contributed by atoms with Gasteiger partial charge >= 0.3 is 0 Å². The first-order valence-electron chi connectivity index (χ1n) is 8.78. The Labute approximate surface area is 148 Å². The smallest absolute Gasteiger partial charge is 0.239 e. The Morgan fingerprint density at radius 2 is 1.72 bits per heavy atom. The quantitative estimate of drug-likeness (QED) is 0.849. The van der Waals surface area contributed by atoms with Gasteiger partial charge in [0.15, 0.2) is 0 Å². The predicted molar refractivity (Wildman–Crippen MR) is 99.2 cm³/mol. The van der Waals surface area contributed by atoms with Crippen molar-refractivity contribution >= 4 is 11.6 Å². The molecular weight excluding hydrogens is 310 g/mol. The lowest BCUT2D eigenvalue weighted by atomic mass is 9.79. The van der Waals surface area contributed by atoms with E-state index >= 15 is 0 Å². The van der Waals surface area contributed by atoms with Crippen molar-refractivity contribution in [1.82, 2.24) is 5.32 Å². The normalized spacial score (nSPS) is 15.3. The first-order chi connectivity index (χ1) is 12.2. The summed E-state index contributed by atoms with van der Waals surface area (Å²) in [6, 6.07) is 19.7. The van der Waals surface area contributed by atoms with E-state index in [-0.39, 0.29) is 17.9 Å². The molecule has 128 valence electrons. The zero-order valence-electron chi connectivity index (χ0n) is 14.3. The van der Waals surface area contributed by atoms with Crippen molar-refractivity contribution < 1.29 is 4.79 Å². The topological polar surface area (TPSA) is 64.9 Å². The summed E-state index contributed by atoms with van der Waals surface area (Å²) in [4.78, 5) is 12.2. The highest BCUT2D eigenvalue weighted by Gasteiger charge is 2.35. The first kappa shape index (κ1) is 17.0. The van der Waals surface area contributed by atoms with Crippen molar-refractivity contribution in [3.63, 3.8) is 0 Å². The molecule has 0 aromatic heterocycles. The lowest BCUT2D eigenvalue weighted by molar-refractivity contribution is -0.119. The van der Waals surface area contributed by atoms with Crippen molar-refractivity contribution in [2.24, 2.45) is 0 Å². The molecule has 1 amide bonds. The van der Waals surface area contributed by atoms with Crippen LogP contribution in [0.25, 0.3) is 0 Å². The predicted octanol–water partition coefficient (Wildman–Crippen LogP) is 3.60. The van der Waals surface area contributed by atoms with E-state index in [9.17, 15) is 4.79 Å². The summed E-state index contributed by atoms with van der Waals surface area (Å²) in [6.07, 6.45) is 4.68. The monoisotopic (exact) mass is 333 g/mol. The molecule has 4 heteroatoms. The highest BCUT2D eigenvalue weighted by molar-refractivity contribution is 5.80. The maximum atomic E-state index is 12.2. The molecular formula is C21H23N3O. The molecule has 0 spiro atoms. The van der Waals surface area contributed by atoms with Crippen LogP contribution in [0, 0.1) is 11.3 Å². The Hall–Kier alpha value is -2.80. The van der Waals surface area contributed by atoms with E-state index in [0.29, 0.717) is 12.1 Å². The van der Waals surface area contributed by atoms with Crippen LogP contribution in [0.15, 0.2) is 54.6 Å². The minimum absolute atomic E-state index is 0.00781. The molecule has 0 saturated heterocycles. The van der Waals surface area contributed by atoms with Crippen LogP contribution in [0.4, 0.5) is 5.69 Å². The Balaban J connectivity index is 1.54. The second-order valence-electron chi connectivity index (χ2n) is 6.67. The van der Waals surface area contributed by atoms with Crippen molar-refractivity contribution in [2.45, 2.75) is 31.1 Å². The molecule has 25 heavy (non-hydrogen) atoms. The molecule has 4 nitrogen and oxygen atoms in total. The molecule has 1 saturated carbocycles. The summed E-state index contributed by atoms with van der Waals surface area (Å²) in [5.74, 6) is -0.00781. The number of benzene rings is 2. The Morgan fingerprint density at radius 3 is 2.36 bits per heavy atom. The third kappa shape index (κ3) is 4.19. The van der Waals surface area contributed by atoms with Crippen LogP contribution < -0.4 is 10.6 Å². The van der Waals surface area contributed by atoms with Crippen LogP contribution in [0.5, 0.6) is 0 Å². The van der Waals surface area contributed by atoms with E-state index in [2.05, 4.69) is 41.0 Å². The Bertz CT molecular complexity index is 741. The molecule has 0 aliphatic heterocycles. The van der Waals surface area contributed by atoms with Gasteiger partial charge in [0, 0.05) is 17.6 Å². The van der Waals surface area contributed by atoms with Crippen molar-refractivity contribution in [3.8, 4) is 6.07 Å². The molecule has 3 rings (SSSR count). The number of amides is 1. The summed E-state index contributed by atoms with van der Waals surface area (Å²) in [5.41, 5.74) is 2.85. The van der Waals surface area contributed by atoms with Gasteiger partial charge in [-0.25, -0.2) is 0 Å². The van der Waals surface area contributed by atoms with E-state index in [1.165, 1.54) is 18.4 Å². The highest BCUT2D eigenvalue weighted by atomic mass is 16.1. The van der Waals surface area contributed by atoms with Gasteiger partial charge in [0.1, 0.15) is 0 Å². The molecule has 2 aromatic carbocycles. The van der Waals surface area contributed by atoms with Crippen LogP contribution in [-0.2, 0) is 10.2 Å². The SMILES string of the molecule is N#Cc1ccc(NCC(=O)NCC2(c3ccccc3)CCCC2)cc1.